The Labute approximate surface area is 152 Å². The lowest BCUT2D eigenvalue weighted by atomic mass is 10.2. The van der Waals surface area contributed by atoms with E-state index in [4.69, 9.17) is 9.47 Å². The van der Waals surface area contributed by atoms with Gasteiger partial charge in [-0.15, -0.1) is 11.3 Å². The van der Waals surface area contributed by atoms with Gasteiger partial charge in [0.05, 0.1) is 13.2 Å². The van der Waals surface area contributed by atoms with Crippen LogP contribution < -0.4 is 14.8 Å². The molecule has 134 valence electrons. The van der Waals surface area contributed by atoms with E-state index in [9.17, 15) is 4.79 Å². The van der Waals surface area contributed by atoms with Crippen LogP contribution in [0.2, 0.25) is 0 Å². The van der Waals surface area contributed by atoms with Crippen molar-refractivity contribution in [3.05, 3.63) is 46.7 Å². The monoisotopic (exact) mass is 360 g/mol. The quantitative estimate of drug-likeness (QED) is 0.786. The van der Waals surface area contributed by atoms with E-state index < -0.39 is 0 Å². The number of carbonyl (C=O) groups excluding carboxylic acids is 1. The van der Waals surface area contributed by atoms with Crippen molar-refractivity contribution >= 4 is 17.2 Å². The van der Waals surface area contributed by atoms with Crippen molar-refractivity contribution in [1.82, 2.24) is 10.2 Å². The number of likely N-dealkylation sites (tertiary alicyclic amines) is 1. The second-order valence-corrected chi connectivity index (χ2v) is 7.02. The van der Waals surface area contributed by atoms with Crippen LogP contribution in [0.3, 0.4) is 0 Å². The molecule has 1 amide bonds. The predicted molar refractivity (Wildman–Crippen MR) is 99.4 cm³/mol. The van der Waals surface area contributed by atoms with Gasteiger partial charge in [0, 0.05) is 11.4 Å². The summed E-state index contributed by atoms with van der Waals surface area (Å²) in [7, 11) is 1.62. The highest BCUT2D eigenvalue weighted by atomic mass is 32.1. The summed E-state index contributed by atoms with van der Waals surface area (Å²) in [5, 5.41) is 5.11. The van der Waals surface area contributed by atoms with E-state index in [1.165, 1.54) is 17.7 Å². The summed E-state index contributed by atoms with van der Waals surface area (Å²) in [6, 6.07) is 11.7. The number of nitrogens with one attached hydrogen (secondary N) is 1. The van der Waals surface area contributed by atoms with E-state index in [1.807, 2.05) is 12.1 Å². The molecule has 1 N–H and O–H groups in total. The SMILES string of the molecule is COc1ccc(OCC(=O)NCC(c2cccs2)N2CCCC2)cc1. The number of benzene rings is 1. The first kappa shape index (κ1) is 17.8. The van der Waals surface area contributed by atoms with E-state index in [0.717, 1.165) is 18.8 Å². The summed E-state index contributed by atoms with van der Waals surface area (Å²) in [5.74, 6) is 1.32. The number of ether oxygens (including phenoxy) is 2. The van der Waals surface area contributed by atoms with Gasteiger partial charge in [0.25, 0.3) is 5.91 Å². The van der Waals surface area contributed by atoms with Crippen molar-refractivity contribution in [2.24, 2.45) is 0 Å². The molecular formula is C19H24N2O3S. The summed E-state index contributed by atoms with van der Waals surface area (Å²) in [6.45, 7) is 2.83. The van der Waals surface area contributed by atoms with E-state index in [1.54, 1.807) is 30.6 Å². The minimum Gasteiger partial charge on any atom is -0.497 e. The highest BCUT2D eigenvalue weighted by Crippen LogP contribution is 2.27. The lowest BCUT2D eigenvalue weighted by Crippen LogP contribution is -2.38. The molecular weight excluding hydrogens is 336 g/mol. The van der Waals surface area contributed by atoms with Crippen LogP contribution in [0, 0.1) is 0 Å². The van der Waals surface area contributed by atoms with E-state index in [-0.39, 0.29) is 18.6 Å². The molecule has 3 rings (SSSR count). The van der Waals surface area contributed by atoms with Crippen molar-refractivity contribution in [3.63, 3.8) is 0 Å². The minimum absolute atomic E-state index is 0.0174. The maximum atomic E-state index is 12.2. The number of hydrogen-bond donors (Lipinski definition) is 1. The summed E-state index contributed by atoms with van der Waals surface area (Å²) in [4.78, 5) is 15.9. The second-order valence-electron chi connectivity index (χ2n) is 6.04. The molecule has 2 aromatic rings. The van der Waals surface area contributed by atoms with Crippen LogP contribution in [-0.2, 0) is 4.79 Å². The highest BCUT2D eigenvalue weighted by Gasteiger charge is 2.24. The molecule has 0 aliphatic carbocycles. The smallest absolute Gasteiger partial charge is 0.258 e. The maximum absolute atomic E-state index is 12.2. The van der Waals surface area contributed by atoms with E-state index in [0.29, 0.717) is 12.3 Å². The number of rotatable bonds is 8. The molecule has 0 bridgehead atoms. The van der Waals surface area contributed by atoms with Gasteiger partial charge in [0.2, 0.25) is 0 Å². The Morgan fingerprint density at radius 2 is 1.92 bits per heavy atom. The molecule has 1 saturated heterocycles. The molecule has 1 fully saturated rings. The molecule has 0 spiro atoms. The Morgan fingerprint density at radius 1 is 1.20 bits per heavy atom. The number of hydrogen-bond acceptors (Lipinski definition) is 5. The van der Waals surface area contributed by atoms with Crippen LogP contribution in [0.1, 0.15) is 23.8 Å². The number of carbonyl (C=O) groups is 1. The van der Waals surface area contributed by atoms with Crippen LogP contribution in [0.5, 0.6) is 11.5 Å². The Balaban J connectivity index is 1.49. The average Bonchev–Trinajstić information content (AvgIpc) is 3.35. The fourth-order valence-electron chi connectivity index (χ4n) is 3.03. The Bertz CT molecular complexity index is 652. The average molecular weight is 360 g/mol. The van der Waals surface area contributed by atoms with Gasteiger partial charge in [0.1, 0.15) is 11.5 Å². The summed E-state index contributed by atoms with van der Waals surface area (Å²) in [6.07, 6.45) is 2.47. The molecule has 1 aromatic heterocycles. The fraction of sp³-hybridized carbons (Fsp3) is 0.421. The molecule has 0 radical (unpaired) electrons. The summed E-state index contributed by atoms with van der Waals surface area (Å²) >= 11 is 1.75. The highest BCUT2D eigenvalue weighted by molar-refractivity contribution is 7.10. The van der Waals surface area contributed by atoms with Gasteiger partial charge < -0.3 is 14.8 Å². The van der Waals surface area contributed by atoms with Crippen molar-refractivity contribution in [3.8, 4) is 11.5 Å². The van der Waals surface area contributed by atoms with Crippen LogP contribution >= 0.6 is 11.3 Å². The lowest BCUT2D eigenvalue weighted by Gasteiger charge is -2.26. The molecule has 5 nitrogen and oxygen atoms in total. The van der Waals surface area contributed by atoms with Gasteiger partial charge in [-0.05, 0) is 61.6 Å². The lowest BCUT2D eigenvalue weighted by molar-refractivity contribution is -0.123. The van der Waals surface area contributed by atoms with Crippen LogP contribution in [0.25, 0.3) is 0 Å². The van der Waals surface area contributed by atoms with Crippen molar-refractivity contribution in [2.75, 3.05) is 33.4 Å². The zero-order valence-corrected chi connectivity index (χ0v) is 15.3. The molecule has 1 unspecified atom stereocenters. The minimum atomic E-state index is -0.100. The largest absolute Gasteiger partial charge is 0.497 e. The normalized spacial score (nSPS) is 15.7. The molecule has 25 heavy (non-hydrogen) atoms. The van der Waals surface area contributed by atoms with E-state index in [2.05, 4.69) is 27.7 Å². The van der Waals surface area contributed by atoms with Gasteiger partial charge in [-0.3, -0.25) is 9.69 Å². The number of methoxy groups -OCH3 is 1. The molecule has 1 aliphatic rings. The topological polar surface area (TPSA) is 50.8 Å². The zero-order chi connectivity index (χ0) is 17.5. The summed E-state index contributed by atoms with van der Waals surface area (Å²) < 4.78 is 10.6. The van der Waals surface area contributed by atoms with Crippen LogP contribution in [0.4, 0.5) is 0 Å². The Morgan fingerprint density at radius 3 is 2.56 bits per heavy atom. The second kappa shape index (κ2) is 8.87. The maximum Gasteiger partial charge on any atom is 0.258 e. The number of thiophene rings is 1. The van der Waals surface area contributed by atoms with Gasteiger partial charge in [0.15, 0.2) is 6.61 Å². The Hall–Kier alpha value is -2.05. The van der Waals surface area contributed by atoms with Gasteiger partial charge in [-0.2, -0.15) is 0 Å². The zero-order valence-electron chi connectivity index (χ0n) is 14.4. The van der Waals surface area contributed by atoms with Gasteiger partial charge in [-0.1, -0.05) is 6.07 Å². The van der Waals surface area contributed by atoms with Crippen molar-refractivity contribution in [1.29, 1.82) is 0 Å². The Kier molecular flexibility index (Phi) is 6.30. The van der Waals surface area contributed by atoms with Crippen LogP contribution in [-0.4, -0.2) is 44.2 Å². The number of amides is 1. The first-order valence-corrected chi connectivity index (χ1v) is 9.45. The summed E-state index contributed by atoms with van der Waals surface area (Å²) in [5.41, 5.74) is 0. The van der Waals surface area contributed by atoms with Crippen molar-refractivity contribution < 1.29 is 14.3 Å². The first-order valence-electron chi connectivity index (χ1n) is 8.57. The van der Waals surface area contributed by atoms with E-state index >= 15 is 0 Å². The fourth-order valence-corrected chi connectivity index (χ4v) is 3.89. The molecule has 1 aliphatic heterocycles. The van der Waals surface area contributed by atoms with Crippen molar-refractivity contribution in [2.45, 2.75) is 18.9 Å². The molecule has 1 aromatic carbocycles. The first-order chi connectivity index (χ1) is 12.3. The molecule has 6 heteroatoms. The standard InChI is InChI=1S/C19H24N2O3S/c1-23-15-6-8-16(9-7-15)24-14-19(22)20-13-17(18-5-4-12-25-18)21-10-2-3-11-21/h4-9,12,17H,2-3,10-11,13-14H2,1H3,(H,20,22). The predicted octanol–water partition coefficient (Wildman–Crippen LogP) is 3.09. The van der Waals surface area contributed by atoms with Gasteiger partial charge in [-0.25, -0.2) is 0 Å². The molecule has 2 heterocycles. The molecule has 0 saturated carbocycles. The third kappa shape index (κ3) is 4.96. The molecule has 1 atom stereocenters. The van der Waals surface area contributed by atoms with Gasteiger partial charge >= 0.3 is 0 Å². The third-order valence-electron chi connectivity index (χ3n) is 4.37. The third-order valence-corrected chi connectivity index (χ3v) is 5.35. The van der Waals surface area contributed by atoms with Crippen LogP contribution in [0.15, 0.2) is 41.8 Å². The number of nitrogens with zero attached hydrogens (tertiary/aromatic N) is 1.